The number of fused-ring (bicyclic) bond motifs is 4. The van der Waals surface area contributed by atoms with Gasteiger partial charge in [0, 0.05) is 96.1 Å². The maximum Gasteiger partial charge on any atom is 0.420 e. The number of aromatic nitrogens is 2. The zero-order valence-electron chi connectivity index (χ0n) is 62.3. The highest BCUT2D eigenvalue weighted by atomic mass is 127. The molecule has 0 spiro atoms. The summed E-state index contributed by atoms with van der Waals surface area (Å²) in [5.74, 6) is 3.66. The number of rotatable bonds is 19. The lowest BCUT2D eigenvalue weighted by atomic mass is 10.0. The predicted octanol–water partition coefficient (Wildman–Crippen LogP) is 22.9. The Morgan fingerprint density at radius 1 is 0.564 bits per heavy atom. The molecule has 6 aliphatic rings. The predicted molar refractivity (Wildman–Crippen MR) is 453 cm³/mol. The number of halogens is 14. The molecule has 18 nitrogen and oxygen atoms in total. The third-order valence-corrected chi connectivity index (χ3v) is 25.9. The summed E-state index contributed by atoms with van der Waals surface area (Å²) in [6, 6.07) is 47.9. The molecule has 4 saturated carbocycles. The third-order valence-electron chi connectivity index (χ3n) is 20.1. The third kappa shape index (κ3) is 25.1. The maximum atomic E-state index is 13.2. The monoisotopic (exact) mass is 2010 g/mol. The smallest absolute Gasteiger partial charge is 0.379 e. The number of hydrogen-bond acceptors (Lipinski definition) is 17. The van der Waals surface area contributed by atoms with Gasteiger partial charge in [0.1, 0.15) is 29.2 Å². The molecule has 117 heavy (non-hydrogen) atoms. The number of nitrogens with one attached hydrogen (secondary N) is 1. The van der Waals surface area contributed by atoms with Crippen LogP contribution < -0.4 is 10.2 Å². The van der Waals surface area contributed by atoms with Gasteiger partial charge in [-0.2, -0.15) is 43.2 Å². The van der Waals surface area contributed by atoms with Crippen molar-refractivity contribution < 1.29 is 88.8 Å². The largest absolute Gasteiger partial charge is 0.420 e. The zero-order valence-corrected chi connectivity index (χ0v) is 74.1. The number of aliphatic hydroxyl groups is 1. The Bertz CT molecular complexity index is 5360. The van der Waals surface area contributed by atoms with E-state index in [4.69, 9.17) is 80.7 Å². The van der Waals surface area contributed by atoms with Crippen molar-refractivity contribution in [3.63, 3.8) is 0 Å². The van der Waals surface area contributed by atoms with Crippen LogP contribution in [0.1, 0.15) is 136 Å². The second kappa shape index (κ2) is 40.3. The van der Waals surface area contributed by atoms with E-state index in [9.17, 15) is 60.9 Å². The summed E-state index contributed by atoms with van der Waals surface area (Å²) >= 11 is 32.0. The highest BCUT2D eigenvalue weighted by Gasteiger charge is 2.48. The number of aliphatic hydroxyl groups excluding tert-OH is 1. The van der Waals surface area contributed by atoms with Crippen molar-refractivity contribution in [1.82, 2.24) is 15.6 Å². The fourth-order valence-electron chi connectivity index (χ4n) is 13.7. The van der Waals surface area contributed by atoms with E-state index in [0.29, 0.717) is 90.9 Å². The van der Waals surface area contributed by atoms with Crippen LogP contribution in [0.2, 0.25) is 20.1 Å². The molecule has 6 fully saturated rings. The molecule has 3 N–H and O–H groups in total. The highest BCUT2D eigenvalue weighted by molar-refractivity contribution is 14.0. The SMILES string of the molecule is Cc1ccc(C(O)C(F)(F)F)cc1.Cc1ccc(C(OS(=O)(=O)c2ccc(Br)cc2)C(F)(F)F)cc1.Cc1ccc(C=O)cc1.Clc1cccc(Cl)c1-c1noc(C2CC2)c1CO[C@@H]1C[C@@H]2C[C@H]1CN2.I.O=S(=O)(Cl)c1ccc(Br)cc1.O=S(=O)(O)c1ccc(N2C[C@@H]3C[C@H]2C[C@H]3OCc2c(-c3c(Cl)cccc3Cl)noc2C2CC2)cc1. The first kappa shape index (κ1) is 93.3. The summed E-state index contributed by atoms with van der Waals surface area (Å²) in [5.41, 5.74) is 8.86. The van der Waals surface area contributed by atoms with E-state index in [-0.39, 0.29) is 55.9 Å². The van der Waals surface area contributed by atoms with Gasteiger partial charge < -0.3 is 33.8 Å². The van der Waals surface area contributed by atoms with Crippen molar-refractivity contribution in [3.05, 3.63) is 267 Å². The van der Waals surface area contributed by atoms with Crippen molar-refractivity contribution in [2.24, 2.45) is 11.8 Å². The number of carbonyl (C=O) groups excluding carboxylic acids is 1. The van der Waals surface area contributed by atoms with Crippen LogP contribution in [0.15, 0.2) is 215 Å². The minimum atomic E-state index is -4.86. The first-order valence-corrected chi connectivity index (χ1v) is 44.6. The summed E-state index contributed by atoms with van der Waals surface area (Å²) in [7, 11) is -7.25. The number of anilines is 1. The molecular weight excluding hydrogens is 1940 g/mol. The van der Waals surface area contributed by atoms with Gasteiger partial charge in [0.2, 0.25) is 0 Å². The fourth-order valence-corrected chi connectivity index (χ4v) is 17.7. The van der Waals surface area contributed by atoms with Gasteiger partial charge in [-0.1, -0.05) is 190 Å². The lowest BCUT2D eigenvalue weighted by Gasteiger charge is -2.33. The summed E-state index contributed by atoms with van der Waals surface area (Å²) in [5, 5.41) is 23.3. The van der Waals surface area contributed by atoms with Crippen LogP contribution in [0, 0.1) is 32.6 Å². The van der Waals surface area contributed by atoms with E-state index in [1.165, 1.54) is 109 Å². The second-order valence-corrected chi connectivity index (χ2v) is 37.7. The Morgan fingerprint density at radius 2 is 0.991 bits per heavy atom. The number of hydrogen-bond donors (Lipinski definition) is 3. The molecule has 2 aromatic heterocycles. The normalized spacial score (nSPS) is 19.2. The van der Waals surface area contributed by atoms with Crippen molar-refractivity contribution >= 4 is 154 Å². The van der Waals surface area contributed by atoms with Crippen LogP contribution in [0.5, 0.6) is 0 Å². The minimum Gasteiger partial charge on any atom is -0.379 e. The number of nitrogens with zero attached hydrogens (tertiary/aromatic N) is 3. The molecule has 2 saturated heterocycles. The molecule has 0 amide bonds. The van der Waals surface area contributed by atoms with Gasteiger partial charge in [-0.05, 0) is 186 Å². The number of carbonyl (C=O) groups is 1. The Kier molecular flexibility index (Phi) is 32.1. The maximum absolute atomic E-state index is 13.2. The van der Waals surface area contributed by atoms with Crippen LogP contribution in [-0.2, 0) is 56.2 Å². The molecule has 16 rings (SSSR count). The number of piperidine rings is 2. The topological polar surface area (TPSA) is 255 Å². The van der Waals surface area contributed by atoms with Crippen molar-refractivity contribution in [1.29, 1.82) is 0 Å². The summed E-state index contributed by atoms with van der Waals surface area (Å²) in [4.78, 5) is 12.1. The Hall–Kier alpha value is -6.02. The molecule has 4 bridgehead atoms. The summed E-state index contributed by atoms with van der Waals surface area (Å²) in [6.45, 7) is 8.29. The van der Waals surface area contributed by atoms with Gasteiger partial charge in [0.05, 0.1) is 60.2 Å². The van der Waals surface area contributed by atoms with Gasteiger partial charge in [-0.25, -0.2) is 12.6 Å². The van der Waals surface area contributed by atoms with Gasteiger partial charge >= 0.3 is 12.4 Å². The molecular formula is C82H78Br2Cl5F6IN4O14S3. The van der Waals surface area contributed by atoms with E-state index in [2.05, 4.69) is 56.6 Å². The molecule has 8 aromatic carbocycles. The first-order chi connectivity index (χ1) is 54.8. The molecule has 10 aromatic rings. The van der Waals surface area contributed by atoms with E-state index in [1.807, 2.05) is 55.5 Å². The average Bonchev–Trinajstić information content (AvgIpc) is 1.64. The van der Waals surface area contributed by atoms with Crippen LogP contribution in [0.3, 0.4) is 0 Å². The number of benzene rings is 8. The Labute approximate surface area is 732 Å². The molecule has 35 heteroatoms. The quantitative estimate of drug-likeness (QED) is 0.0170. The first-order valence-electron chi connectivity index (χ1n) is 36.3. The van der Waals surface area contributed by atoms with Crippen molar-refractivity contribution in [2.75, 3.05) is 18.0 Å². The Balaban J connectivity index is 0.000000157. The van der Waals surface area contributed by atoms with Crippen LogP contribution >= 0.6 is 113 Å². The van der Waals surface area contributed by atoms with E-state index < -0.39 is 53.8 Å². The zero-order chi connectivity index (χ0) is 83.8. The van der Waals surface area contributed by atoms with E-state index >= 15 is 0 Å². The van der Waals surface area contributed by atoms with Crippen LogP contribution in [0.25, 0.3) is 22.5 Å². The van der Waals surface area contributed by atoms with Crippen LogP contribution in [-0.4, -0.2) is 101 Å². The van der Waals surface area contributed by atoms with Gasteiger partial charge in [-0.15, -0.1) is 24.0 Å². The number of aldehydes is 1. The van der Waals surface area contributed by atoms with Gasteiger partial charge in [0.15, 0.2) is 12.2 Å². The minimum absolute atomic E-state index is 0. The standard InChI is InChI=1S/C25H24Cl2N2O5S.C19H20Cl2N2O2.C15H12BrF3O3S.C9H9F3O.C8H8O.C6H4BrClO2S.HI/c26-20-2-1-3-21(27)23(20)24-19(25(34-28-24)14-4-5-14)13-33-22-11-17-10-15(22)12-29(17)16-6-8-18(9-7-16)35(30,31)32;20-14-2-1-3-15(21)17(14)18-13(19(25-23-18)10-4-5-10)9-24-16-7-12-6-11(16)8-22-12;1-10-2-4-11(5-3-10)14(15(17,18)19)22-23(20,21)13-8-6-12(16)7-9-13;1-6-2-4-7(5-3-6)8(13)9(10,11)12;1-7-2-4-8(6-9)5-3-7;7-5-1-3-6(4-2-5)11(8,9)10;/h1-3,6-9,14-15,17,22H,4-5,10-13H2,(H,30,31,32);1-3,10-12,16,22H,4-9H2;2-9,14H,1H3;2-5,8,13H,1H3;2-6H,1H3;1-4H;1H/t15-,17-,22+;11-,12-,16+;;;;;/m00...../s1. The molecule has 626 valence electrons. The molecule has 4 aliphatic carbocycles. The van der Waals surface area contributed by atoms with E-state index in [0.717, 1.165) is 125 Å². The number of aryl methyl sites for hydroxylation is 3. The highest BCUT2D eigenvalue weighted by Crippen LogP contribution is 2.50. The van der Waals surface area contributed by atoms with Gasteiger partial charge in [-0.3, -0.25) is 9.35 Å². The second-order valence-electron chi connectivity index (χ2n) is 28.6. The van der Waals surface area contributed by atoms with E-state index in [1.54, 1.807) is 50.2 Å². The van der Waals surface area contributed by atoms with Crippen LogP contribution in [0.4, 0.5) is 32.0 Å². The van der Waals surface area contributed by atoms with Gasteiger partial charge in [0.25, 0.3) is 29.3 Å². The fraction of sp³-hybridized carbons (Fsp3) is 0.329. The lowest BCUT2D eigenvalue weighted by Crippen LogP contribution is -2.38. The Morgan fingerprint density at radius 3 is 1.37 bits per heavy atom. The lowest BCUT2D eigenvalue weighted by molar-refractivity contribution is -0.206. The molecule has 2 unspecified atom stereocenters. The van der Waals surface area contributed by atoms with Crippen molar-refractivity contribution in [2.45, 2.75) is 161 Å². The summed E-state index contributed by atoms with van der Waals surface area (Å²) in [6.07, 6.45) is -4.42. The molecule has 8 atom stereocenters. The number of ether oxygens (including phenoxy) is 2. The van der Waals surface area contributed by atoms with Crippen molar-refractivity contribution in [3.8, 4) is 22.5 Å². The summed E-state index contributed by atoms with van der Waals surface area (Å²) < 4.78 is 183. The average molecular weight is 2020 g/mol. The number of alkyl halides is 6. The molecule has 4 heterocycles. The molecule has 2 aliphatic heterocycles. The molecule has 0 radical (unpaired) electrons.